The summed E-state index contributed by atoms with van der Waals surface area (Å²) in [5.41, 5.74) is 8.14. The van der Waals surface area contributed by atoms with Gasteiger partial charge in [0.1, 0.15) is 5.75 Å². The van der Waals surface area contributed by atoms with E-state index in [-0.39, 0.29) is 5.91 Å². The summed E-state index contributed by atoms with van der Waals surface area (Å²) in [7, 11) is 1.64. The topological polar surface area (TPSA) is 55.6 Å². The van der Waals surface area contributed by atoms with Crippen LogP contribution in [0.15, 0.2) is 18.2 Å². The second kappa shape index (κ2) is 6.27. The lowest BCUT2D eigenvalue weighted by Crippen LogP contribution is -2.46. The molecule has 4 heteroatoms. The van der Waals surface area contributed by atoms with Crippen molar-refractivity contribution >= 4 is 11.6 Å². The average Bonchev–Trinajstić information content (AvgIpc) is 2.44. The van der Waals surface area contributed by atoms with Crippen molar-refractivity contribution in [2.75, 3.05) is 18.6 Å². The van der Waals surface area contributed by atoms with E-state index in [0.717, 1.165) is 30.8 Å². The molecule has 0 unspecified atom stereocenters. The summed E-state index contributed by atoms with van der Waals surface area (Å²) >= 11 is 0. The van der Waals surface area contributed by atoms with Gasteiger partial charge in [0.05, 0.1) is 18.8 Å². The van der Waals surface area contributed by atoms with Crippen LogP contribution >= 0.6 is 0 Å². The Hall–Kier alpha value is -1.55. The summed E-state index contributed by atoms with van der Waals surface area (Å²) < 4.78 is 5.42. The van der Waals surface area contributed by atoms with Crippen LogP contribution in [0.4, 0.5) is 5.69 Å². The number of anilines is 1. The highest BCUT2D eigenvalue weighted by Gasteiger charge is 2.29. The number of carbonyl (C=O) groups is 1. The smallest absolute Gasteiger partial charge is 0.244 e. The summed E-state index contributed by atoms with van der Waals surface area (Å²) in [5, 5.41) is 0. The third-order valence-corrected chi connectivity index (χ3v) is 3.71. The van der Waals surface area contributed by atoms with Gasteiger partial charge in [-0.2, -0.15) is 0 Å². The SMILES string of the molecule is COc1cccc2c1N(C(=O)[C@@H](N)CC(C)C)CCC2. The van der Waals surface area contributed by atoms with Crippen LogP contribution < -0.4 is 15.4 Å². The minimum atomic E-state index is -0.439. The molecule has 4 nitrogen and oxygen atoms in total. The number of rotatable bonds is 4. The number of carbonyl (C=O) groups excluding carboxylic acids is 1. The predicted molar refractivity (Wildman–Crippen MR) is 81.1 cm³/mol. The number of hydrogen-bond acceptors (Lipinski definition) is 3. The van der Waals surface area contributed by atoms with Crippen LogP contribution in [0.25, 0.3) is 0 Å². The number of para-hydroxylation sites is 1. The average molecular weight is 276 g/mol. The first-order valence-corrected chi connectivity index (χ1v) is 7.27. The van der Waals surface area contributed by atoms with Crippen molar-refractivity contribution < 1.29 is 9.53 Å². The molecule has 1 aromatic rings. The van der Waals surface area contributed by atoms with E-state index in [1.54, 1.807) is 7.11 Å². The number of methoxy groups -OCH3 is 1. The van der Waals surface area contributed by atoms with Crippen molar-refractivity contribution in [2.45, 2.75) is 39.2 Å². The summed E-state index contributed by atoms with van der Waals surface area (Å²) in [6.45, 7) is 4.88. The van der Waals surface area contributed by atoms with Gasteiger partial charge in [-0.1, -0.05) is 26.0 Å². The van der Waals surface area contributed by atoms with Gasteiger partial charge in [-0.05, 0) is 36.8 Å². The molecule has 0 spiro atoms. The molecule has 2 rings (SSSR count). The van der Waals surface area contributed by atoms with E-state index in [2.05, 4.69) is 19.9 Å². The number of hydrogen-bond donors (Lipinski definition) is 1. The van der Waals surface area contributed by atoms with E-state index in [1.165, 1.54) is 5.56 Å². The van der Waals surface area contributed by atoms with Gasteiger partial charge < -0.3 is 15.4 Å². The largest absolute Gasteiger partial charge is 0.495 e. The van der Waals surface area contributed by atoms with Crippen LogP contribution in [0.3, 0.4) is 0 Å². The Morgan fingerprint density at radius 1 is 1.45 bits per heavy atom. The zero-order chi connectivity index (χ0) is 14.7. The molecule has 0 saturated heterocycles. The predicted octanol–water partition coefficient (Wildman–Crippen LogP) is 2.35. The normalized spacial score (nSPS) is 15.9. The van der Waals surface area contributed by atoms with Gasteiger partial charge in [-0.25, -0.2) is 0 Å². The summed E-state index contributed by atoms with van der Waals surface area (Å²) in [4.78, 5) is 14.4. The number of amides is 1. The molecule has 0 fully saturated rings. The fourth-order valence-corrected chi connectivity index (χ4v) is 2.81. The van der Waals surface area contributed by atoms with Crippen LogP contribution in [0.1, 0.15) is 32.3 Å². The molecule has 1 atom stereocenters. The number of ether oxygens (including phenoxy) is 1. The summed E-state index contributed by atoms with van der Waals surface area (Å²) in [6.07, 6.45) is 2.66. The Bertz CT molecular complexity index is 471. The molecule has 1 aliphatic rings. The third kappa shape index (κ3) is 2.96. The van der Waals surface area contributed by atoms with Gasteiger partial charge >= 0.3 is 0 Å². The fourth-order valence-electron chi connectivity index (χ4n) is 2.81. The quantitative estimate of drug-likeness (QED) is 0.918. The standard InChI is InChI=1S/C16H24N2O2/c1-11(2)10-13(17)16(19)18-9-5-7-12-6-4-8-14(20-3)15(12)18/h4,6,8,11,13H,5,7,9-10,17H2,1-3H3/t13-/m0/s1. The van der Waals surface area contributed by atoms with E-state index in [1.807, 2.05) is 17.0 Å². The van der Waals surface area contributed by atoms with Crippen LogP contribution in [0.2, 0.25) is 0 Å². The maximum Gasteiger partial charge on any atom is 0.244 e. The maximum absolute atomic E-state index is 12.6. The molecule has 110 valence electrons. The monoisotopic (exact) mass is 276 g/mol. The van der Waals surface area contributed by atoms with Gasteiger partial charge in [0.15, 0.2) is 0 Å². The van der Waals surface area contributed by atoms with Crippen molar-refractivity contribution in [3.63, 3.8) is 0 Å². The van der Waals surface area contributed by atoms with Crippen molar-refractivity contribution in [3.8, 4) is 5.75 Å². The first-order chi connectivity index (χ1) is 9.54. The summed E-state index contributed by atoms with van der Waals surface area (Å²) in [5.74, 6) is 1.17. The van der Waals surface area contributed by atoms with Gasteiger partial charge in [0.2, 0.25) is 5.91 Å². The lowest BCUT2D eigenvalue weighted by molar-refractivity contribution is -0.120. The van der Waals surface area contributed by atoms with Gasteiger partial charge in [0, 0.05) is 6.54 Å². The highest BCUT2D eigenvalue weighted by atomic mass is 16.5. The molecule has 0 radical (unpaired) electrons. The van der Waals surface area contributed by atoms with Gasteiger partial charge in [-0.15, -0.1) is 0 Å². The van der Waals surface area contributed by atoms with E-state index >= 15 is 0 Å². The van der Waals surface area contributed by atoms with E-state index in [9.17, 15) is 4.79 Å². The zero-order valence-electron chi connectivity index (χ0n) is 12.6. The van der Waals surface area contributed by atoms with Gasteiger partial charge in [-0.3, -0.25) is 4.79 Å². The molecular formula is C16H24N2O2. The molecular weight excluding hydrogens is 252 g/mol. The Morgan fingerprint density at radius 2 is 2.20 bits per heavy atom. The molecule has 1 heterocycles. The van der Waals surface area contributed by atoms with Crippen LogP contribution in [-0.2, 0) is 11.2 Å². The highest BCUT2D eigenvalue weighted by Crippen LogP contribution is 2.36. The van der Waals surface area contributed by atoms with E-state index in [0.29, 0.717) is 12.3 Å². The number of nitrogens with two attached hydrogens (primary N) is 1. The lowest BCUT2D eigenvalue weighted by Gasteiger charge is -2.33. The molecule has 20 heavy (non-hydrogen) atoms. The molecule has 0 bridgehead atoms. The molecule has 2 N–H and O–H groups in total. The highest BCUT2D eigenvalue weighted by molar-refractivity contribution is 5.99. The van der Waals surface area contributed by atoms with Gasteiger partial charge in [0.25, 0.3) is 0 Å². The second-order valence-corrected chi connectivity index (χ2v) is 5.80. The number of benzene rings is 1. The Labute approximate surface area is 120 Å². The zero-order valence-corrected chi connectivity index (χ0v) is 12.6. The summed E-state index contributed by atoms with van der Waals surface area (Å²) in [6, 6.07) is 5.49. The molecule has 0 aromatic heterocycles. The minimum Gasteiger partial charge on any atom is -0.495 e. The Kier molecular flexibility index (Phi) is 4.65. The van der Waals surface area contributed by atoms with Crippen molar-refractivity contribution in [1.29, 1.82) is 0 Å². The molecule has 0 saturated carbocycles. The van der Waals surface area contributed by atoms with Crippen LogP contribution in [0.5, 0.6) is 5.75 Å². The van der Waals surface area contributed by atoms with Crippen molar-refractivity contribution in [3.05, 3.63) is 23.8 Å². The Balaban J connectivity index is 2.30. The second-order valence-electron chi connectivity index (χ2n) is 5.80. The van der Waals surface area contributed by atoms with Crippen molar-refractivity contribution in [2.24, 2.45) is 11.7 Å². The lowest BCUT2D eigenvalue weighted by atomic mass is 9.98. The third-order valence-electron chi connectivity index (χ3n) is 3.71. The van der Waals surface area contributed by atoms with E-state index < -0.39 is 6.04 Å². The molecule has 1 aliphatic heterocycles. The van der Waals surface area contributed by atoms with Crippen LogP contribution in [0, 0.1) is 5.92 Å². The number of aryl methyl sites for hydroxylation is 1. The number of nitrogens with zero attached hydrogens (tertiary/aromatic N) is 1. The first kappa shape index (κ1) is 14.9. The maximum atomic E-state index is 12.6. The molecule has 0 aliphatic carbocycles. The molecule has 1 amide bonds. The molecule has 1 aromatic carbocycles. The van der Waals surface area contributed by atoms with E-state index in [4.69, 9.17) is 10.5 Å². The minimum absolute atomic E-state index is 0.00384. The first-order valence-electron chi connectivity index (χ1n) is 7.27. The Morgan fingerprint density at radius 3 is 2.85 bits per heavy atom. The fraction of sp³-hybridized carbons (Fsp3) is 0.562. The van der Waals surface area contributed by atoms with Crippen LogP contribution in [-0.4, -0.2) is 25.6 Å². The van der Waals surface area contributed by atoms with Crippen molar-refractivity contribution in [1.82, 2.24) is 0 Å². The number of fused-ring (bicyclic) bond motifs is 1.